The summed E-state index contributed by atoms with van der Waals surface area (Å²) in [7, 11) is 1.88. The van der Waals surface area contributed by atoms with E-state index < -0.39 is 0 Å². The van der Waals surface area contributed by atoms with Gasteiger partial charge in [0.1, 0.15) is 5.75 Å². The highest BCUT2D eigenvalue weighted by Crippen LogP contribution is 2.23. The zero-order chi connectivity index (χ0) is 19.2. The van der Waals surface area contributed by atoms with Crippen LogP contribution in [0.5, 0.6) is 5.75 Å². The molecule has 1 heterocycles. The van der Waals surface area contributed by atoms with Crippen molar-refractivity contribution in [2.45, 2.75) is 25.1 Å². The average molecular weight is 382 g/mol. The molecule has 0 spiro atoms. The van der Waals surface area contributed by atoms with Gasteiger partial charge in [-0.05, 0) is 37.6 Å². The van der Waals surface area contributed by atoms with Gasteiger partial charge in [0.2, 0.25) is 5.91 Å². The molecule has 2 aromatic carbocycles. The minimum atomic E-state index is -0.250. The number of aryl methyl sites for hydroxylation is 1. The van der Waals surface area contributed by atoms with Crippen LogP contribution in [0, 0.1) is 6.92 Å². The molecule has 1 unspecified atom stereocenters. The highest BCUT2D eigenvalue weighted by atomic mass is 32.2. The van der Waals surface area contributed by atoms with Crippen molar-refractivity contribution in [2.75, 3.05) is 11.1 Å². The number of benzene rings is 2. The van der Waals surface area contributed by atoms with Crippen LogP contribution in [0.3, 0.4) is 0 Å². The van der Waals surface area contributed by atoms with Crippen LogP contribution in [0.2, 0.25) is 0 Å². The third-order valence-electron chi connectivity index (χ3n) is 4.04. The largest absolute Gasteiger partial charge is 0.483 e. The number of hydrogen-bond acceptors (Lipinski definition) is 5. The van der Waals surface area contributed by atoms with E-state index >= 15 is 0 Å². The number of nitrogens with one attached hydrogen (secondary N) is 1. The molecule has 0 aliphatic heterocycles. The van der Waals surface area contributed by atoms with Crippen molar-refractivity contribution in [1.82, 2.24) is 14.8 Å². The number of para-hydroxylation sites is 2. The molecule has 0 aliphatic carbocycles. The Labute approximate surface area is 163 Å². The van der Waals surface area contributed by atoms with Gasteiger partial charge in [-0.1, -0.05) is 48.2 Å². The van der Waals surface area contributed by atoms with E-state index in [2.05, 4.69) is 15.5 Å². The van der Waals surface area contributed by atoms with Crippen molar-refractivity contribution in [1.29, 1.82) is 0 Å². The fraction of sp³-hybridized carbons (Fsp3) is 0.250. The highest BCUT2D eigenvalue weighted by Gasteiger charge is 2.18. The van der Waals surface area contributed by atoms with E-state index in [0.29, 0.717) is 11.0 Å². The summed E-state index contributed by atoms with van der Waals surface area (Å²) >= 11 is 1.35. The van der Waals surface area contributed by atoms with E-state index in [1.165, 1.54) is 11.8 Å². The Bertz CT molecular complexity index is 911. The molecule has 7 heteroatoms. The van der Waals surface area contributed by atoms with Crippen molar-refractivity contribution in [3.63, 3.8) is 0 Å². The van der Waals surface area contributed by atoms with Gasteiger partial charge in [-0.2, -0.15) is 0 Å². The Morgan fingerprint density at radius 1 is 1.15 bits per heavy atom. The number of ether oxygens (including phenoxy) is 1. The Balaban J connectivity index is 1.58. The first kappa shape index (κ1) is 19.0. The van der Waals surface area contributed by atoms with E-state index in [4.69, 9.17) is 4.74 Å². The van der Waals surface area contributed by atoms with E-state index in [0.717, 1.165) is 17.0 Å². The van der Waals surface area contributed by atoms with Gasteiger partial charge >= 0.3 is 0 Å². The lowest BCUT2D eigenvalue weighted by molar-refractivity contribution is -0.113. The number of thioether (sulfide) groups is 1. The fourth-order valence-electron chi connectivity index (χ4n) is 2.59. The Hall–Kier alpha value is -2.80. The van der Waals surface area contributed by atoms with Gasteiger partial charge in [-0.25, -0.2) is 0 Å². The number of nitrogens with zero attached hydrogens (tertiary/aromatic N) is 3. The molecular weight excluding hydrogens is 360 g/mol. The first-order valence-electron chi connectivity index (χ1n) is 8.64. The lowest BCUT2D eigenvalue weighted by Gasteiger charge is -2.14. The number of carbonyl (C=O) groups is 1. The normalized spacial score (nSPS) is 11.8. The van der Waals surface area contributed by atoms with Crippen LogP contribution < -0.4 is 10.1 Å². The molecule has 6 nitrogen and oxygen atoms in total. The molecule has 1 atom stereocenters. The molecule has 0 bridgehead atoms. The lowest BCUT2D eigenvalue weighted by Crippen LogP contribution is -2.15. The summed E-state index contributed by atoms with van der Waals surface area (Å²) in [6.45, 7) is 3.89. The van der Waals surface area contributed by atoms with Gasteiger partial charge in [0, 0.05) is 12.7 Å². The molecule has 3 rings (SSSR count). The van der Waals surface area contributed by atoms with E-state index in [1.54, 1.807) is 0 Å². The third-order valence-corrected chi connectivity index (χ3v) is 5.06. The minimum absolute atomic E-state index is 0.0764. The van der Waals surface area contributed by atoms with Gasteiger partial charge in [0.05, 0.1) is 5.75 Å². The van der Waals surface area contributed by atoms with Crippen LogP contribution in [0.25, 0.3) is 0 Å². The maximum absolute atomic E-state index is 12.2. The van der Waals surface area contributed by atoms with Crippen LogP contribution in [0.15, 0.2) is 59.8 Å². The zero-order valence-electron chi connectivity index (χ0n) is 15.5. The quantitative estimate of drug-likeness (QED) is 0.626. The summed E-state index contributed by atoms with van der Waals surface area (Å²) in [4.78, 5) is 12.2. The Morgan fingerprint density at radius 3 is 2.59 bits per heavy atom. The number of carbonyl (C=O) groups excluding carboxylic acids is 1. The predicted octanol–water partition coefficient (Wildman–Crippen LogP) is 3.99. The second-order valence-corrected chi connectivity index (χ2v) is 7.07. The maximum Gasteiger partial charge on any atom is 0.234 e. The third kappa shape index (κ3) is 4.89. The first-order chi connectivity index (χ1) is 13.0. The average Bonchev–Trinajstić information content (AvgIpc) is 3.03. The van der Waals surface area contributed by atoms with Crippen LogP contribution in [0.1, 0.15) is 24.4 Å². The molecule has 1 amide bonds. The number of amides is 1. The van der Waals surface area contributed by atoms with Gasteiger partial charge in [0.25, 0.3) is 0 Å². The van der Waals surface area contributed by atoms with Crippen molar-refractivity contribution in [3.8, 4) is 5.75 Å². The SMILES string of the molecule is Cc1ccccc1NC(=O)CSc1nnc(C(C)Oc2ccccc2)n1C. The number of rotatable bonds is 7. The Kier molecular flexibility index (Phi) is 6.13. The standard InChI is InChI=1S/C20H22N4O2S/c1-14-9-7-8-12-17(14)21-18(25)13-27-20-23-22-19(24(20)3)15(2)26-16-10-5-4-6-11-16/h4-12,15H,13H2,1-3H3,(H,21,25). The molecule has 1 aromatic heterocycles. The second-order valence-electron chi connectivity index (χ2n) is 6.12. The van der Waals surface area contributed by atoms with Gasteiger partial charge in [0.15, 0.2) is 17.1 Å². The van der Waals surface area contributed by atoms with E-state index in [9.17, 15) is 4.79 Å². The summed E-state index contributed by atoms with van der Waals surface area (Å²) < 4.78 is 7.76. The van der Waals surface area contributed by atoms with Crippen LogP contribution in [-0.4, -0.2) is 26.4 Å². The van der Waals surface area contributed by atoms with Crippen molar-refractivity contribution in [2.24, 2.45) is 7.05 Å². The van der Waals surface area contributed by atoms with Crippen molar-refractivity contribution in [3.05, 3.63) is 66.0 Å². The molecule has 0 saturated heterocycles. The highest BCUT2D eigenvalue weighted by molar-refractivity contribution is 7.99. The molecule has 0 radical (unpaired) electrons. The van der Waals surface area contributed by atoms with Crippen LogP contribution in [0.4, 0.5) is 5.69 Å². The lowest BCUT2D eigenvalue weighted by atomic mass is 10.2. The fourth-order valence-corrected chi connectivity index (χ4v) is 3.31. The second kappa shape index (κ2) is 8.73. The first-order valence-corrected chi connectivity index (χ1v) is 9.62. The number of hydrogen-bond donors (Lipinski definition) is 1. The molecule has 3 aromatic rings. The van der Waals surface area contributed by atoms with Crippen LogP contribution in [-0.2, 0) is 11.8 Å². The molecule has 1 N–H and O–H groups in total. The molecule has 27 heavy (non-hydrogen) atoms. The molecule has 140 valence electrons. The van der Waals surface area contributed by atoms with Crippen molar-refractivity contribution < 1.29 is 9.53 Å². The van der Waals surface area contributed by atoms with Crippen LogP contribution >= 0.6 is 11.8 Å². The molecular formula is C20H22N4O2S. The summed E-state index contributed by atoms with van der Waals surface area (Å²) in [5, 5.41) is 12.0. The topological polar surface area (TPSA) is 69.0 Å². The zero-order valence-corrected chi connectivity index (χ0v) is 16.4. The van der Waals surface area contributed by atoms with E-state index in [1.807, 2.05) is 80.1 Å². The summed E-state index contributed by atoms with van der Waals surface area (Å²) in [5.41, 5.74) is 1.86. The minimum Gasteiger partial charge on any atom is -0.483 e. The predicted molar refractivity (Wildman–Crippen MR) is 107 cm³/mol. The van der Waals surface area contributed by atoms with Gasteiger partial charge in [-0.3, -0.25) is 4.79 Å². The molecule has 0 aliphatic rings. The van der Waals surface area contributed by atoms with Crippen molar-refractivity contribution >= 4 is 23.4 Å². The summed E-state index contributed by atoms with van der Waals surface area (Å²) in [6, 6.07) is 17.3. The number of aromatic nitrogens is 3. The molecule has 0 saturated carbocycles. The Morgan fingerprint density at radius 2 is 1.85 bits per heavy atom. The summed E-state index contributed by atoms with van der Waals surface area (Å²) in [5.74, 6) is 1.67. The van der Waals surface area contributed by atoms with E-state index in [-0.39, 0.29) is 17.8 Å². The summed E-state index contributed by atoms with van der Waals surface area (Å²) in [6.07, 6.45) is -0.250. The molecule has 0 fully saturated rings. The maximum atomic E-state index is 12.2. The van der Waals surface area contributed by atoms with Gasteiger partial charge < -0.3 is 14.6 Å². The monoisotopic (exact) mass is 382 g/mol. The van der Waals surface area contributed by atoms with Gasteiger partial charge in [-0.15, -0.1) is 10.2 Å². The number of anilines is 1. The smallest absolute Gasteiger partial charge is 0.234 e.